The van der Waals surface area contributed by atoms with Gasteiger partial charge in [-0.25, -0.2) is 0 Å². The fraction of sp³-hybridized carbons (Fsp3) is 0.529. The van der Waals surface area contributed by atoms with Crippen molar-refractivity contribution in [3.05, 3.63) is 24.3 Å². The molecule has 0 bridgehead atoms. The third-order valence-corrected chi connectivity index (χ3v) is 4.34. The first kappa shape index (κ1) is 15.8. The number of carbonyl (C=O) groups excluding carboxylic acids is 2. The lowest BCUT2D eigenvalue weighted by Gasteiger charge is -2.35. The van der Waals surface area contributed by atoms with Gasteiger partial charge in [0, 0.05) is 38.6 Å². The van der Waals surface area contributed by atoms with Crippen LogP contribution in [0.3, 0.4) is 0 Å². The zero-order chi connectivity index (χ0) is 16.4. The number of ether oxygens (including phenoxy) is 1. The molecule has 2 heterocycles. The molecule has 2 atom stereocenters. The van der Waals surface area contributed by atoms with Crippen molar-refractivity contribution in [2.75, 3.05) is 31.1 Å². The molecule has 1 fully saturated rings. The molecule has 1 saturated heterocycles. The van der Waals surface area contributed by atoms with E-state index in [9.17, 15) is 9.59 Å². The first-order chi connectivity index (χ1) is 11.1. The highest BCUT2D eigenvalue weighted by atomic mass is 16.5. The molecule has 2 amide bonds. The van der Waals surface area contributed by atoms with Gasteiger partial charge in [0.2, 0.25) is 5.91 Å². The van der Waals surface area contributed by atoms with Crippen molar-refractivity contribution >= 4 is 17.5 Å². The Balaban J connectivity index is 1.67. The van der Waals surface area contributed by atoms with Crippen molar-refractivity contribution in [1.82, 2.24) is 10.2 Å². The van der Waals surface area contributed by atoms with Crippen LogP contribution in [0.15, 0.2) is 24.3 Å². The van der Waals surface area contributed by atoms with Crippen molar-refractivity contribution in [2.24, 2.45) is 0 Å². The maximum absolute atomic E-state index is 12.4. The van der Waals surface area contributed by atoms with Gasteiger partial charge in [-0.15, -0.1) is 0 Å². The van der Waals surface area contributed by atoms with Crippen molar-refractivity contribution in [3.63, 3.8) is 0 Å². The molecule has 2 aliphatic heterocycles. The molecule has 0 radical (unpaired) electrons. The molecule has 6 heteroatoms. The van der Waals surface area contributed by atoms with Crippen LogP contribution in [0.5, 0.6) is 5.75 Å². The second-order valence-corrected chi connectivity index (χ2v) is 6.16. The summed E-state index contributed by atoms with van der Waals surface area (Å²) in [5, 5.41) is 3.32. The minimum absolute atomic E-state index is 0.0924. The van der Waals surface area contributed by atoms with E-state index in [4.69, 9.17) is 4.74 Å². The van der Waals surface area contributed by atoms with Crippen molar-refractivity contribution < 1.29 is 14.3 Å². The number of carbonyl (C=O) groups is 2. The van der Waals surface area contributed by atoms with Gasteiger partial charge in [0.25, 0.3) is 5.91 Å². The van der Waals surface area contributed by atoms with E-state index in [2.05, 4.69) is 12.2 Å². The molecule has 0 spiro atoms. The summed E-state index contributed by atoms with van der Waals surface area (Å²) in [6.45, 7) is 6.48. The van der Waals surface area contributed by atoms with E-state index in [1.54, 1.807) is 11.8 Å². The number of hydrogen-bond acceptors (Lipinski definition) is 4. The average molecular weight is 317 g/mol. The van der Waals surface area contributed by atoms with Crippen LogP contribution in [-0.2, 0) is 9.59 Å². The monoisotopic (exact) mass is 317 g/mol. The molecule has 1 aromatic carbocycles. The third kappa shape index (κ3) is 3.32. The highest BCUT2D eigenvalue weighted by molar-refractivity contribution is 6.00. The zero-order valence-electron chi connectivity index (χ0n) is 13.6. The first-order valence-corrected chi connectivity index (χ1v) is 8.14. The average Bonchev–Trinajstić information content (AvgIpc) is 2.55. The molecular weight excluding hydrogens is 294 g/mol. The van der Waals surface area contributed by atoms with Crippen molar-refractivity contribution in [1.29, 1.82) is 0 Å². The summed E-state index contributed by atoms with van der Waals surface area (Å²) in [6.07, 6.45) is -0.182. The Labute approximate surface area is 136 Å². The number of rotatable bonds is 3. The van der Waals surface area contributed by atoms with Gasteiger partial charge in [0.1, 0.15) is 5.75 Å². The van der Waals surface area contributed by atoms with E-state index in [0.29, 0.717) is 24.8 Å². The Morgan fingerprint density at radius 2 is 2.13 bits per heavy atom. The molecule has 2 aliphatic rings. The maximum atomic E-state index is 12.4. The van der Waals surface area contributed by atoms with Crippen LogP contribution >= 0.6 is 0 Å². The maximum Gasteiger partial charge on any atom is 0.267 e. The molecule has 3 rings (SSSR count). The van der Waals surface area contributed by atoms with Crippen molar-refractivity contribution in [2.45, 2.75) is 32.4 Å². The van der Waals surface area contributed by atoms with E-state index >= 15 is 0 Å². The summed E-state index contributed by atoms with van der Waals surface area (Å²) >= 11 is 0. The van der Waals surface area contributed by atoms with Gasteiger partial charge >= 0.3 is 0 Å². The lowest BCUT2D eigenvalue weighted by molar-refractivity contribution is -0.132. The number of nitrogens with zero attached hydrogens (tertiary/aromatic N) is 2. The number of benzene rings is 1. The number of para-hydroxylation sites is 2. The number of fused-ring (bicyclic) bond motifs is 1. The van der Waals surface area contributed by atoms with E-state index in [1.807, 2.05) is 29.2 Å². The molecule has 124 valence electrons. The lowest BCUT2D eigenvalue weighted by Crippen LogP contribution is -2.52. The van der Waals surface area contributed by atoms with Crippen molar-refractivity contribution in [3.8, 4) is 5.75 Å². The molecule has 0 aliphatic carbocycles. The Morgan fingerprint density at radius 1 is 1.35 bits per heavy atom. The Kier molecular flexibility index (Phi) is 4.52. The number of hydrogen-bond donors (Lipinski definition) is 1. The van der Waals surface area contributed by atoms with Gasteiger partial charge in [-0.1, -0.05) is 12.1 Å². The second kappa shape index (κ2) is 6.58. The Morgan fingerprint density at radius 3 is 2.91 bits per heavy atom. The van der Waals surface area contributed by atoms with Gasteiger partial charge in [-0.2, -0.15) is 0 Å². The van der Waals surface area contributed by atoms with Crippen LogP contribution in [0.25, 0.3) is 0 Å². The molecule has 6 nitrogen and oxygen atoms in total. The van der Waals surface area contributed by atoms with Gasteiger partial charge in [-0.05, 0) is 26.0 Å². The minimum atomic E-state index is -0.515. The van der Waals surface area contributed by atoms with E-state index < -0.39 is 6.10 Å². The third-order valence-electron chi connectivity index (χ3n) is 4.34. The van der Waals surface area contributed by atoms with Crippen LogP contribution in [0, 0.1) is 0 Å². The summed E-state index contributed by atoms with van der Waals surface area (Å²) in [5.41, 5.74) is 0.747. The summed E-state index contributed by atoms with van der Waals surface area (Å²) in [6, 6.07) is 7.78. The summed E-state index contributed by atoms with van der Waals surface area (Å²) in [4.78, 5) is 28.4. The number of amides is 2. The van der Waals surface area contributed by atoms with E-state index in [1.165, 1.54) is 0 Å². The second-order valence-electron chi connectivity index (χ2n) is 6.16. The smallest absolute Gasteiger partial charge is 0.267 e. The van der Waals surface area contributed by atoms with Gasteiger partial charge < -0.3 is 19.9 Å². The highest BCUT2D eigenvalue weighted by Gasteiger charge is 2.31. The van der Waals surface area contributed by atoms with Gasteiger partial charge in [-0.3, -0.25) is 9.59 Å². The molecule has 2 unspecified atom stereocenters. The van der Waals surface area contributed by atoms with Crippen LogP contribution < -0.4 is 15.0 Å². The zero-order valence-corrected chi connectivity index (χ0v) is 13.6. The molecule has 23 heavy (non-hydrogen) atoms. The number of piperazine rings is 1. The fourth-order valence-electron chi connectivity index (χ4n) is 3.11. The predicted octanol–water partition coefficient (Wildman–Crippen LogP) is 1.01. The summed E-state index contributed by atoms with van der Waals surface area (Å²) in [7, 11) is 0. The topological polar surface area (TPSA) is 61.9 Å². The normalized spacial score (nSPS) is 24.2. The summed E-state index contributed by atoms with van der Waals surface area (Å²) < 4.78 is 5.62. The number of nitrogens with one attached hydrogen (secondary N) is 1. The Hall–Kier alpha value is -2.08. The first-order valence-electron chi connectivity index (χ1n) is 8.14. The van der Waals surface area contributed by atoms with Crippen LogP contribution in [0.4, 0.5) is 5.69 Å². The van der Waals surface area contributed by atoms with E-state index in [0.717, 1.165) is 25.3 Å². The quantitative estimate of drug-likeness (QED) is 0.904. The van der Waals surface area contributed by atoms with Crippen LogP contribution in [0.2, 0.25) is 0 Å². The molecule has 0 aromatic heterocycles. The SMILES string of the molecule is CC1CN(C(=O)CCN2C(=O)C(C)Oc3ccccc32)CCN1. The van der Waals surface area contributed by atoms with Crippen LogP contribution in [-0.4, -0.2) is 55.0 Å². The predicted molar refractivity (Wildman–Crippen MR) is 87.5 cm³/mol. The lowest BCUT2D eigenvalue weighted by atomic mass is 10.1. The van der Waals surface area contributed by atoms with Gasteiger partial charge in [0.15, 0.2) is 6.10 Å². The van der Waals surface area contributed by atoms with Crippen LogP contribution in [0.1, 0.15) is 20.3 Å². The molecular formula is C17H23N3O3. The standard InChI is InChI=1S/C17H23N3O3/c1-12-11-19(10-8-18-12)16(21)7-9-20-14-5-3-4-6-15(14)23-13(2)17(20)22/h3-6,12-13,18H,7-11H2,1-2H3. The number of anilines is 1. The largest absolute Gasteiger partial charge is 0.479 e. The summed E-state index contributed by atoms with van der Waals surface area (Å²) in [5.74, 6) is 0.704. The fourth-order valence-corrected chi connectivity index (χ4v) is 3.11. The minimum Gasteiger partial charge on any atom is -0.479 e. The van der Waals surface area contributed by atoms with E-state index in [-0.39, 0.29) is 11.8 Å². The molecule has 0 saturated carbocycles. The Bertz CT molecular complexity index is 605. The van der Waals surface area contributed by atoms with Gasteiger partial charge in [0.05, 0.1) is 5.69 Å². The molecule has 1 aromatic rings. The molecule has 1 N–H and O–H groups in total. The highest BCUT2D eigenvalue weighted by Crippen LogP contribution is 2.33.